The molecule has 0 unspecified atom stereocenters. The van der Waals surface area contributed by atoms with E-state index in [2.05, 4.69) is 44.3 Å². The third kappa shape index (κ3) is 2.86. The molecule has 1 aliphatic heterocycles. The number of hydrogen-bond donors (Lipinski definition) is 2. The second-order valence-corrected chi connectivity index (χ2v) is 7.02. The maximum absolute atomic E-state index is 12.0. The van der Waals surface area contributed by atoms with Crippen LogP contribution in [0.2, 0.25) is 0 Å². The minimum absolute atomic E-state index is 0.353. The quantitative estimate of drug-likeness (QED) is 0.574. The molecule has 2 aromatic heterocycles. The molecule has 2 N–H and O–H groups in total. The molecule has 0 amide bonds. The SMILES string of the molecule is O=c1[nH]cc(CN2CCc3onc(-c4cccc5ccccc45)c3C2)c(=O)[nH]1. The zero-order valence-corrected chi connectivity index (χ0v) is 15.1. The maximum Gasteiger partial charge on any atom is 0.325 e. The first-order valence-corrected chi connectivity index (χ1v) is 9.18. The van der Waals surface area contributed by atoms with Crippen LogP contribution < -0.4 is 11.2 Å². The Morgan fingerprint density at radius 2 is 1.96 bits per heavy atom. The fraction of sp³-hybridized carbons (Fsp3) is 0.190. The largest absolute Gasteiger partial charge is 0.360 e. The third-order valence-electron chi connectivity index (χ3n) is 5.24. The molecule has 0 aliphatic carbocycles. The van der Waals surface area contributed by atoms with Gasteiger partial charge in [-0.05, 0) is 10.8 Å². The van der Waals surface area contributed by atoms with Crippen molar-refractivity contribution in [3.8, 4) is 11.3 Å². The first-order chi connectivity index (χ1) is 13.7. The average Bonchev–Trinajstić information content (AvgIpc) is 3.13. The van der Waals surface area contributed by atoms with E-state index in [9.17, 15) is 9.59 Å². The molecule has 0 spiro atoms. The van der Waals surface area contributed by atoms with Crippen LogP contribution in [-0.4, -0.2) is 26.6 Å². The second-order valence-electron chi connectivity index (χ2n) is 7.02. The van der Waals surface area contributed by atoms with E-state index in [-0.39, 0.29) is 5.56 Å². The molecule has 0 saturated carbocycles. The van der Waals surface area contributed by atoms with Gasteiger partial charge < -0.3 is 9.51 Å². The van der Waals surface area contributed by atoms with Crippen LogP contribution in [0, 0.1) is 0 Å². The molecule has 1 aliphatic rings. The fourth-order valence-electron chi connectivity index (χ4n) is 3.84. The van der Waals surface area contributed by atoms with Crippen molar-refractivity contribution in [2.45, 2.75) is 19.5 Å². The first-order valence-electron chi connectivity index (χ1n) is 9.18. The number of hydrogen-bond acceptors (Lipinski definition) is 5. The van der Waals surface area contributed by atoms with Crippen LogP contribution in [0.1, 0.15) is 16.9 Å². The number of aromatic amines is 2. The molecule has 5 rings (SSSR count). The zero-order chi connectivity index (χ0) is 19.1. The lowest BCUT2D eigenvalue weighted by Gasteiger charge is -2.25. The number of nitrogens with zero attached hydrogens (tertiary/aromatic N) is 2. The Morgan fingerprint density at radius 1 is 1.11 bits per heavy atom. The summed E-state index contributed by atoms with van der Waals surface area (Å²) < 4.78 is 5.64. The van der Waals surface area contributed by atoms with Crippen molar-refractivity contribution in [2.75, 3.05) is 6.54 Å². The molecule has 0 radical (unpaired) electrons. The van der Waals surface area contributed by atoms with Crippen LogP contribution in [0.4, 0.5) is 0 Å². The van der Waals surface area contributed by atoms with Crippen molar-refractivity contribution in [3.05, 3.63) is 86.4 Å². The van der Waals surface area contributed by atoms with Gasteiger partial charge in [0.15, 0.2) is 0 Å². The van der Waals surface area contributed by atoms with Crippen molar-refractivity contribution in [3.63, 3.8) is 0 Å². The Balaban J connectivity index is 1.50. The van der Waals surface area contributed by atoms with Crippen LogP contribution in [0.3, 0.4) is 0 Å². The summed E-state index contributed by atoms with van der Waals surface area (Å²) in [5, 5.41) is 6.66. The minimum Gasteiger partial charge on any atom is -0.360 e. The Kier molecular flexibility index (Phi) is 3.95. The number of fused-ring (bicyclic) bond motifs is 2. The topological polar surface area (TPSA) is 95.0 Å². The van der Waals surface area contributed by atoms with E-state index in [4.69, 9.17) is 4.52 Å². The highest BCUT2D eigenvalue weighted by Crippen LogP contribution is 2.34. The summed E-state index contributed by atoms with van der Waals surface area (Å²) in [6.45, 7) is 1.84. The zero-order valence-electron chi connectivity index (χ0n) is 15.1. The van der Waals surface area contributed by atoms with Gasteiger partial charge in [-0.1, -0.05) is 47.6 Å². The number of rotatable bonds is 3. The molecule has 3 heterocycles. The molecule has 7 nitrogen and oxygen atoms in total. The van der Waals surface area contributed by atoms with Crippen LogP contribution in [0.5, 0.6) is 0 Å². The highest BCUT2D eigenvalue weighted by molar-refractivity contribution is 5.96. The molecule has 0 atom stereocenters. The lowest BCUT2D eigenvalue weighted by molar-refractivity contribution is 0.227. The van der Waals surface area contributed by atoms with Gasteiger partial charge in [-0.15, -0.1) is 0 Å². The maximum atomic E-state index is 12.0. The van der Waals surface area contributed by atoms with Crippen molar-refractivity contribution >= 4 is 10.8 Å². The van der Waals surface area contributed by atoms with Gasteiger partial charge in [0.2, 0.25) is 0 Å². The predicted octanol–water partition coefficient (Wildman–Crippen LogP) is 2.43. The Hall–Kier alpha value is -3.45. The van der Waals surface area contributed by atoms with E-state index in [1.54, 1.807) is 0 Å². The van der Waals surface area contributed by atoms with Crippen molar-refractivity contribution in [2.24, 2.45) is 0 Å². The lowest BCUT2D eigenvalue weighted by atomic mass is 9.97. The molecular weight excluding hydrogens is 356 g/mol. The highest BCUT2D eigenvalue weighted by atomic mass is 16.5. The summed E-state index contributed by atoms with van der Waals surface area (Å²) in [6, 6.07) is 14.4. The lowest BCUT2D eigenvalue weighted by Crippen LogP contribution is -2.33. The molecule has 7 heteroatoms. The summed E-state index contributed by atoms with van der Waals surface area (Å²) in [4.78, 5) is 30.2. The van der Waals surface area contributed by atoms with Crippen molar-refractivity contribution in [1.82, 2.24) is 20.0 Å². The molecule has 0 saturated heterocycles. The molecule has 0 bridgehead atoms. The van der Waals surface area contributed by atoms with Gasteiger partial charge in [-0.3, -0.25) is 14.7 Å². The van der Waals surface area contributed by atoms with E-state index < -0.39 is 5.69 Å². The number of H-pyrrole nitrogens is 2. The third-order valence-corrected chi connectivity index (χ3v) is 5.24. The highest BCUT2D eigenvalue weighted by Gasteiger charge is 2.26. The van der Waals surface area contributed by atoms with Gasteiger partial charge in [-0.2, -0.15) is 0 Å². The van der Waals surface area contributed by atoms with E-state index in [0.29, 0.717) is 18.7 Å². The van der Waals surface area contributed by atoms with Gasteiger partial charge in [0.25, 0.3) is 5.56 Å². The normalized spacial score (nSPS) is 14.3. The number of nitrogens with one attached hydrogen (secondary N) is 2. The predicted molar refractivity (Wildman–Crippen MR) is 105 cm³/mol. The smallest absolute Gasteiger partial charge is 0.325 e. The monoisotopic (exact) mass is 374 g/mol. The van der Waals surface area contributed by atoms with Crippen LogP contribution in [0.15, 0.2) is 62.8 Å². The molecule has 2 aromatic carbocycles. The van der Waals surface area contributed by atoms with E-state index in [1.807, 2.05) is 18.2 Å². The molecule has 28 heavy (non-hydrogen) atoms. The van der Waals surface area contributed by atoms with Crippen molar-refractivity contribution < 1.29 is 4.52 Å². The van der Waals surface area contributed by atoms with Gasteiger partial charge in [0.05, 0.1) is 0 Å². The summed E-state index contributed by atoms with van der Waals surface area (Å²) in [5.74, 6) is 0.898. The summed E-state index contributed by atoms with van der Waals surface area (Å²) in [7, 11) is 0. The molecule has 140 valence electrons. The van der Waals surface area contributed by atoms with Crippen LogP contribution in [-0.2, 0) is 19.5 Å². The van der Waals surface area contributed by atoms with Crippen molar-refractivity contribution in [1.29, 1.82) is 0 Å². The van der Waals surface area contributed by atoms with E-state index in [0.717, 1.165) is 46.3 Å². The minimum atomic E-state index is -0.494. The van der Waals surface area contributed by atoms with E-state index >= 15 is 0 Å². The first kappa shape index (κ1) is 16.7. The Morgan fingerprint density at radius 3 is 2.86 bits per heavy atom. The van der Waals surface area contributed by atoms with Gasteiger partial charge in [0, 0.05) is 48.9 Å². The van der Waals surface area contributed by atoms with Crippen LogP contribution in [0.25, 0.3) is 22.0 Å². The van der Waals surface area contributed by atoms with Gasteiger partial charge in [-0.25, -0.2) is 4.79 Å². The molecule has 4 aromatic rings. The summed E-state index contributed by atoms with van der Waals surface area (Å²) >= 11 is 0. The van der Waals surface area contributed by atoms with Gasteiger partial charge in [0.1, 0.15) is 11.5 Å². The number of aromatic nitrogens is 3. The fourth-order valence-corrected chi connectivity index (χ4v) is 3.84. The standard InChI is InChI=1S/C21H18N4O3/c26-20-14(10-22-21(27)23-20)11-25-9-8-18-17(12-25)19(24-28-18)16-7-3-5-13-4-1-2-6-15(13)16/h1-7,10H,8-9,11-12H2,(H2,22,23,26,27). The summed E-state index contributed by atoms with van der Waals surface area (Å²) in [6.07, 6.45) is 2.21. The van der Waals surface area contributed by atoms with Crippen LogP contribution >= 0.6 is 0 Å². The molecule has 0 fully saturated rings. The summed E-state index contributed by atoms with van der Waals surface area (Å²) in [5.41, 5.74) is 2.65. The Bertz CT molecular complexity index is 1280. The number of benzene rings is 2. The van der Waals surface area contributed by atoms with E-state index in [1.165, 1.54) is 6.20 Å². The molecular formula is C21H18N4O3. The Labute approximate surface area is 159 Å². The van der Waals surface area contributed by atoms with Gasteiger partial charge >= 0.3 is 5.69 Å². The average molecular weight is 374 g/mol. The second kappa shape index (κ2) is 6.61.